The van der Waals surface area contributed by atoms with Gasteiger partial charge in [0.05, 0.1) is 17.0 Å². The Kier molecular flexibility index (Phi) is 4.37. The van der Waals surface area contributed by atoms with Crippen molar-refractivity contribution in [3.8, 4) is 10.8 Å². The van der Waals surface area contributed by atoms with E-state index in [4.69, 9.17) is 4.42 Å². The monoisotopic (exact) mass is 278 g/mol. The molecule has 0 bridgehead atoms. The van der Waals surface area contributed by atoms with Crippen molar-refractivity contribution in [3.63, 3.8) is 0 Å². The molecule has 2 rings (SSSR count). The number of rotatable bonds is 5. The molecule has 0 fully saturated rings. The predicted molar refractivity (Wildman–Crippen MR) is 76.2 cm³/mol. The lowest BCUT2D eigenvalue weighted by atomic mass is 10.2. The van der Waals surface area contributed by atoms with Crippen LogP contribution in [0, 0.1) is 6.92 Å². The third-order valence-corrected chi connectivity index (χ3v) is 3.92. The Balaban J connectivity index is 2.16. The highest BCUT2D eigenvalue weighted by Crippen LogP contribution is 2.26. The lowest BCUT2D eigenvalue weighted by Crippen LogP contribution is -2.32. The molecule has 0 atom stereocenters. The van der Waals surface area contributed by atoms with Crippen molar-refractivity contribution in [2.45, 2.75) is 27.2 Å². The summed E-state index contributed by atoms with van der Waals surface area (Å²) in [4.78, 5) is 19.3. The van der Waals surface area contributed by atoms with Crippen LogP contribution in [0.25, 0.3) is 10.8 Å². The van der Waals surface area contributed by atoms with Crippen LogP contribution in [-0.2, 0) is 11.2 Å². The third kappa shape index (κ3) is 3.04. The van der Waals surface area contributed by atoms with Gasteiger partial charge in [-0.1, -0.05) is 6.07 Å². The molecule has 2 aromatic heterocycles. The summed E-state index contributed by atoms with van der Waals surface area (Å²) in [7, 11) is 0. The molecule has 0 aliphatic heterocycles. The minimum Gasteiger partial charge on any atom is -0.440 e. The van der Waals surface area contributed by atoms with Gasteiger partial charge < -0.3 is 9.32 Å². The average Bonchev–Trinajstić information content (AvgIpc) is 3.01. The minimum absolute atomic E-state index is 0.0964. The molecule has 2 aromatic rings. The second-order valence-electron chi connectivity index (χ2n) is 4.24. The molecule has 1 amide bonds. The van der Waals surface area contributed by atoms with Gasteiger partial charge in [-0.25, -0.2) is 4.98 Å². The molecule has 5 heteroatoms. The van der Waals surface area contributed by atoms with E-state index in [2.05, 4.69) is 4.98 Å². The number of aromatic nitrogens is 1. The Morgan fingerprint density at radius 3 is 2.74 bits per heavy atom. The van der Waals surface area contributed by atoms with E-state index in [-0.39, 0.29) is 5.91 Å². The van der Waals surface area contributed by atoms with Crippen molar-refractivity contribution in [1.29, 1.82) is 0 Å². The number of oxazole rings is 1. The maximum atomic E-state index is 12.1. The summed E-state index contributed by atoms with van der Waals surface area (Å²) >= 11 is 1.58. The van der Waals surface area contributed by atoms with Gasteiger partial charge in [0.25, 0.3) is 0 Å². The normalized spacial score (nSPS) is 10.7. The summed E-state index contributed by atoms with van der Waals surface area (Å²) in [5, 5.41) is 1.98. The van der Waals surface area contributed by atoms with E-state index in [1.807, 2.05) is 38.3 Å². The fourth-order valence-corrected chi connectivity index (χ4v) is 2.58. The number of aryl methyl sites for hydroxylation is 1. The Morgan fingerprint density at radius 1 is 1.42 bits per heavy atom. The highest BCUT2D eigenvalue weighted by Gasteiger charge is 2.17. The van der Waals surface area contributed by atoms with Crippen LogP contribution in [0.1, 0.15) is 25.3 Å². The average molecular weight is 278 g/mol. The van der Waals surface area contributed by atoms with Gasteiger partial charge in [-0.3, -0.25) is 4.79 Å². The maximum Gasteiger partial charge on any atom is 0.236 e. The Hall–Kier alpha value is -1.62. The van der Waals surface area contributed by atoms with Gasteiger partial charge in [0.2, 0.25) is 11.8 Å². The van der Waals surface area contributed by atoms with Crippen LogP contribution in [0.2, 0.25) is 0 Å². The van der Waals surface area contributed by atoms with E-state index >= 15 is 0 Å². The molecule has 102 valence electrons. The van der Waals surface area contributed by atoms with Crippen LogP contribution < -0.4 is 0 Å². The van der Waals surface area contributed by atoms with E-state index in [1.165, 1.54) is 0 Å². The molecule has 0 N–H and O–H groups in total. The van der Waals surface area contributed by atoms with Crippen molar-refractivity contribution in [3.05, 3.63) is 29.0 Å². The van der Waals surface area contributed by atoms with Crippen molar-refractivity contribution in [2.24, 2.45) is 0 Å². The Labute approximate surface area is 117 Å². The summed E-state index contributed by atoms with van der Waals surface area (Å²) in [6.07, 6.45) is 0.308. The van der Waals surface area contributed by atoms with E-state index < -0.39 is 0 Å². The topological polar surface area (TPSA) is 46.3 Å². The van der Waals surface area contributed by atoms with Crippen LogP contribution >= 0.6 is 11.3 Å². The number of thiophene rings is 1. The first-order chi connectivity index (χ1) is 9.15. The van der Waals surface area contributed by atoms with Crippen LogP contribution in [-0.4, -0.2) is 28.9 Å². The first-order valence-corrected chi connectivity index (χ1v) is 7.31. The fraction of sp³-hybridized carbons (Fsp3) is 0.429. The van der Waals surface area contributed by atoms with E-state index in [0.29, 0.717) is 12.3 Å². The standard InChI is InChI=1S/C14H18N2O2S/c1-4-16(5-2)13(17)9-11-10(3)18-14(15-11)12-7-6-8-19-12/h6-8H,4-5,9H2,1-3H3. The molecule has 0 aliphatic carbocycles. The number of likely N-dealkylation sites (N-methyl/N-ethyl adjacent to an activating group) is 1. The largest absolute Gasteiger partial charge is 0.440 e. The van der Waals surface area contributed by atoms with E-state index in [0.717, 1.165) is 29.4 Å². The summed E-state index contributed by atoms with van der Waals surface area (Å²) in [6.45, 7) is 7.27. The number of amides is 1. The van der Waals surface area contributed by atoms with E-state index in [1.54, 1.807) is 16.2 Å². The molecular weight excluding hydrogens is 260 g/mol. The summed E-state index contributed by atoms with van der Waals surface area (Å²) < 4.78 is 5.64. The first kappa shape index (κ1) is 13.8. The SMILES string of the molecule is CCN(CC)C(=O)Cc1nc(-c2cccs2)oc1C. The van der Waals surface area contributed by atoms with Crippen molar-refractivity contribution >= 4 is 17.2 Å². The number of carbonyl (C=O) groups is 1. The highest BCUT2D eigenvalue weighted by atomic mass is 32.1. The number of hydrogen-bond donors (Lipinski definition) is 0. The molecule has 4 nitrogen and oxygen atoms in total. The van der Waals surface area contributed by atoms with Crippen molar-refractivity contribution in [1.82, 2.24) is 9.88 Å². The maximum absolute atomic E-state index is 12.1. The molecule has 0 aliphatic rings. The molecule has 0 spiro atoms. The Bertz CT molecular complexity index is 542. The molecule has 0 unspecified atom stereocenters. The molecular formula is C14H18N2O2S. The molecule has 0 aromatic carbocycles. The third-order valence-electron chi connectivity index (χ3n) is 3.06. The minimum atomic E-state index is 0.0964. The number of nitrogens with zero attached hydrogens (tertiary/aromatic N) is 2. The first-order valence-electron chi connectivity index (χ1n) is 6.43. The molecule has 0 radical (unpaired) electrons. The van der Waals surface area contributed by atoms with Crippen LogP contribution in [0.4, 0.5) is 0 Å². The second-order valence-corrected chi connectivity index (χ2v) is 5.19. The Morgan fingerprint density at radius 2 is 2.16 bits per heavy atom. The van der Waals surface area contributed by atoms with Crippen LogP contribution in [0.15, 0.2) is 21.9 Å². The van der Waals surface area contributed by atoms with Gasteiger partial charge >= 0.3 is 0 Å². The quantitative estimate of drug-likeness (QED) is 0.844. The van der Waals surface area contributed by atoms with Crippen molar-refractivity contribution in [2.75, 3.05) is 13.1 Å². The van der Waals surface area contributed by atoms with E-state index in [9.17, 15) is 4.79 Å². The predicted octanol–water partition coefficient (Wildman–Crippen LogP) is 3.12. The highest BCUT2D eigenvalue weighted by molar-refractivity contribution is 7.13. The van der Waals surface area contributed by atoms with Crippen LogP contribution in [0.5, 0.6) is 0 Å². The number of carbonyl (C=O) groups excluding carboxylic acids is 1. The van der Waals surface area contributed by atoms with Gasteiger partial charge in [0, 0.05) is 13.1 Å². The zero-order valence-electron chi connectivity index (χ0n) is 11.5. The second kappa shape index (κ2) is 6.02. The van der Waals surface area contributed by atoms with Gasteiger partial charge in [0.15, 0.2) is 0 Å². The zero-order chi connectivity index (χ0) is 13.8. The smallest absolute Gasteiger partial charge is 0.236 e. The van der Waals surface area contributed by atoms with Crippen molar-refractivity contribution < 1.29 is 9.21 Å². The molecule has 0 saturated heterocycles. The summed E-state index contributed by atoms with van der Waals surface area (Å²) in [5.74, 6) is 1.43. The lowest BCUT2D eigenvalue weighted by Gasteiger charge is -2.17. The zero-order valence-corrected chi connectivity index (χ0v) is 12.3. The van der Waals surface area contributed by atoms with Gasteiger partial charge in [-0.2, -0.15) is 0 Å². The van der Waals surface area contributed by atoms with Crippen LogP contribution in [0.3, 0.4) is 0 Å². The lowest BCUT2D eigenvalue weighted by molar-refractivity contribution is -0.130. The summed E-state index contributed by atoms with van der Waals surface area (Å²) in [6, 6.07) is 3.92. The fourth-order valence-electron chi connectivity index (χ4n) is 1.93. The molecule has 0 saturated carbocycles. The van der Waals surface area contributed by atoms with Gasteiger partial charge in [0.1, 0.15) is 5.76 Å². The van der Waals surface area contributed by atoms with Gasteiger partial charge in [-0.15, -0.1) is 11.3 Å². The molecule has 19 heavy (non-hydrogen) atoms. The summed E-state index contributed by atoms with van der Waals surface area (Å²) in [5.41, 5.74) is 0.736. The van der Waals surface area contributed by atoms with Gasteiger partial charge in [-0.05, 0) is 32.2 Å². The molecule has 2 heterocycles. The number of hydrogen-bond acceptors (Lipinski definition) is 4.